The summed E-state index contributed by atoms with van der Waals surface area (Å²) in [5.41, 5.74) is 0.822. The topological polar surface area (TPSA) is 64.9 Å². The second kappa shape index (κ2) is 7.19. The van der Waals surface area contributed by atoms with Crippen molar-refractivity contribution in [1.29, 1.82) is 5.26 Å². The normalized spacial score (nSPS) is 11.6. The molecule has 0 bridgehead atoms. The number of halogens is 6. The molecule has 0 heterocycles. The minimum atomic E-state index is -4.79. The number of benzene rings is 2. The third-order valence-electron chi connectivity index (χ3n) is 3.65. The van der Waals surface area contributed by atoms with Crippen LogP contribution in [0.3, 0.4) is 0 Å². The Morgan fingerprint density at radius 3 is 2.04 bits per heavy atom. The van der Waals surface area contributed by atoms with Crippen LogP contribution in [0.15, 0.2) is 36.4 Å². The van der Waals surface area contributed by atoms with Gasteiger partial charge in [0.2, 0.25) is 0 Å². The quantitative estimate of drug-likeness (QED) is 0.595. The Kier molecular flexibility index (Phi) is 5.35. The third kappa shape index (κ3) is 4.49. The van der Waals surface area contributed by atoms with E-state index in [2.05, 4.69) is 5.43 Å². The van der Waals surface area contributed by atoms with Crippen molar-refractivity contribution < 1.29 is 31.1 Å². The van der Waals surface area contributed by atoms with E-state index in [0.717, 1.165) is 31.2 Å². The van der Waals surface area contributed by atoms with Crippen molar-refractivity contribution in [2.75, 3.05) is 5.43 Å². The van der Waals surface area contributed by atoms with Gasteiger partial charge in [-0.2, -0.15) is 31.6 Å². The number of hydrogen-bond acceptors (Lipinski definition) is 3. The summed E-state index contributed by atoms with van der Waals surface area (Å²) in [6, 6.07) is 6.92. The van der Waals surface area contributed by atoms with Crippen molar-refractivity contribution in [3.63, 3.8) is 0 Å². The number of carbonyl (C=O) groups is 1. The maximum absolute atomic E-state index is 13.3. The standard InChI is InChI=1S/C17H11F6N3O/c1-9-11(8-24)4-7-13(14(9)17(21,22)23)25-26-15(27)10-2-5-12(6-3-10)16(18,19)20/h2-7,25H,1H3,(H,26,27). The van der Waals surface area contributed by atoms with E-state index >= 15 is 0 Å². The van der Waals surface area contributed by atoms with Crippen LogP contribution in [0.1, 0.15) is 32.6 Å². The lowest BCUT2D eigenvalue weighted by Crippen LogP contribution is -2.31. The Hall–Kier alpha value is -3.22. The van der Waals surface area contributed by atoms with E-state index < -0.39 is 35.1 Å². The summed E-state index contributed by atoms with van der Waals surface area (Å²) in [4.78, 5) is 12.0. The number of nitrogens with one attached hydrogen (secondary N) is 2. The molecule has 27 heavy (non-hydrogen) atoms. The number of rotatable bonds is 3. The van der Waals surface area contributed by atoms with E-state index in [1.54, 1.807) is 6.07 Å². The zero-order valence-electron chi connectivity index (χ0n) is 13.6. The van der Waals surface area contributed by atoms with Gasteiger partial charge in [0.1, 0.15) is 0 Å². The lowest BCUT2D eigenvalue weighted by Gasteiger charge is -2.18. The monoisotopic (exact) mass is 387 g/mol. The van der Waals surface area contributed by atoms with Gasteiger partial charge in [0.05, 0.1) is 28.4 Å². The van der Waals surface area contributed by atoms with Crippen LogP contribution in [-0.2, 0) is 12.4 Å². The largest absolute Gasteiger partial charge is 0.418 e. The minimum absolute atomic E-state index is 0.179. The second-order valence-electron chi connectivity index (χ2n) is 5.42. The number of alkyl halides is 6. The zero-order valence-corrected chi connectivity index (χ0v) is 13.6. The van der Waals surface area contributed by atoms with Crippen LogP contribution < -0.4 is 10.9 Å². The summed E-state index contributed by atoms with van der Waals surface area (Å²) in [7, 11) is 0. The predicted octanol–water partition coefficient (Wildman–Crippen LogP) is 4.66. The Morgan fingerprint density at radius 1 is 0.963 bits per heavy atom. The smallest absolute Gasteiger partial charge is 0.298 e. The molecule has 0 aliphatic heterocycles. The molecule has 0 radical (unpaired) electrons. The third-order valence-corrected chi connectivity index (χ3v) is 3.65. The summed E-state index contributed by atoms with van der Waals surface area (Å²) in [5.74, 6) is -0.932. The maximum atomic E-state index is 13.3. The highest BCUT2D eigenvalue weighted by Gasteiger charge is 2.36. The molecule has 4 nitrogen and oxygen atoms in total. The summed E-state index contributed by atoms with van der Waals surface area (Å²) in [6.45, 7) is 1.12. The number of anilines is 1. The molecule has 0 saturated heterocycles. The molecule has 1 amide bonds. The molecule has 0 saturated carbocycles. The average Bonchev–Trinajstić information content (AvgIpc) is 2.57. The van der Waals surface area contributed by atoms with Crippen molar-refractivity contribution in [2.24, 2.45) is 0 Å². The first-order valence-electron chi connectivity index (χ1n) is 7.29. The predicted molar refractivity (Wildman–Crippen MR) is 83.4 cm³/mol. The summed E-state index contributed by atoms with van der Waals surface area (Å²) in [5, 5.41) is 8.86. The van der Waals surface area contributed by atoms with Gasteiger partial charge < -0.3 is 0 Å². The van der Waals surface area contributed by atoms with E-state index in [1.165, 1.54) is 0 Å². The molecule has 0 unspecified atom stereocenters. The minimum Gasteiger partial charge on any atom is -0.298 e. The molecule has 2 aromatic rings. The molecular weight excluding hydrogens is 376 g/mol. The van der Waals surface area contributed by atoms with Crippen molar-refractivity contribution in [2.45, 2.75) is 19.3 Å². The molecule has 142 valence electrons. The number of amides is 1. The number of hydrogen-bond donors (Lipinski definition) is 2. The van der Waals surface area contributed by atoms with Gasteiger partial charge in [-0.15, -0.1) is 0 Å². The number of nitrogens with zero attached hydrogens (tertiary/aromatic N) is 1. The van der Waals surface area contributed by atoms with Crippen LogP contribution >= 0.6 is 0 Å². The van der Waals surface area contributed by atoms with Crippen LogP contribution in [0.5, 0.6) is 0 Å². The van der Waals surface area contributed by atoms with E-state index in [1.807, 2.05) is 5.43 Å². The highest BCUT2D eigenvalue weighted by molar-refractivity contribution is 5.95. The Bertz CT molecular complexity index is 895. The van der Waals surface area contributed by atoms with Crippen molar-refractivity contribution in [3.05, 3.63) is 64.2 Å². The molecule has 0 aliphatic carbocycles. The van der Waals surface area contributed by atoms with E-state index in [-0.39, 0.29) is 16.7 Å². The fourth-order valence-corrected chi connectivity index (χ4v) is 2.31. The lowest BCUT2D eigenvalue weighted by atomic mass is 10.0. The van der Waals surface area contributed by atoms with E-state index in [0.29, 0.717) is 12.1 Å². The Morgan fingerprint density at radius 2 is 1.56 bits per heavy atom. The molecular formula is C17H11F6N3O. The average molecular weight is 387 g/mol. The van der Waals surface area contributed by atoms with Gasteiger partial charge in [0.15, 0.2) is 0 Å². The number of nitriles is 1. The van der Waals surface area contributed by atoms with Gasteiger partial charge in [-0.05, 0) is 48.9 Å². The molecule has 10 heteroatoms. The van der Waals surface area contributed by atoms with E-state index in [4.69, 9.17) is 5.26 Å². The molecule has 0 spiro atoms. The summed E-state index contributed by atoms with van der Waals surface area (Å²) in [6.07, 6.45) is -9.37. The van der Waals surface area contributed by atoms with Gasteiger partial charge in [0, 0.05) is 5.56 Å². The van der Waals surface area contributed by atoms with Gasteiger partial charge in [0.25, 0.3) is 5.91 Å². The molecule has 0 atom stereocenters. The fraction of sp³-hybridized carbons (Fsp3) is 0.176. The Balaban J connectivity index is 2.23. The zero-order chi connectivity index (χ0) is 20.4. The van der Waals surface area contributed by atoms with E-state index in [9.17, 15) is 31.1 Å². The highest BCUT2D eigenvalue weighted by Crippen LogP contribution is 2.38. The molecule has 2 aromatic carbocycles. The molecule has 2 rings (SSSR count). The van der Waals surface area contributed by atoms with Crippen molar-refractivity contribution in [3.8, 4) is 6.07 Å². The molecule has 2 N–H and O–H groups in total. The molecule has 0 aromatic heterocycles. The summed E-state index contributed by atoms with van der Waals surface area (Å²) >= 11 is 0. The SMILES string of the molecule is Cc1c(C#N)ccc(NNC(=O)c2ccc(C(F)(F)F)cc2)c1C(F)(F)F. The fourth-order valence-electron chi connectivity index (χ4n) is 2.31. The van der Waals surface area contributed by atoms with Gasteiger partial charge in [-0.1, -0.05) is 0 Å². The second-order valence-corrected chi connectivity index (χ2v) is 5.42. The lowest BCUT2D eigenvalue weighted by molar-refractivity contribution is -0.138. The number of carbonyl (C=O) groups excluding carboxylic acids is 1. The van der Waals surface area contributed by atoms with Crippen molar-refractivity contribution in [1.82, 2.24) is 5.43 Å². The highest BCUT2D eigenvalue weighted by atomic mass is 19.4. The summed E-state index contributed by atoms with van der Waals surface area (Å²) < 4.78 is 77.3. The van der Waals surface area contributed by atoms with Gasteiger partial charge >= 0.3 is 12.4 Å². The molecule has 0 fully saturated rings. The number of hydrazine groups is 1. The van der Waals surface area contributed by atoms with Crippen molar-refractivity contribution >= 4 is 11.6 Å². The van der Waals surface area contributed by atoms with Gasteiger partial charge in [-0.25, -0.2) is 0 Å². The first-order valence-corrected chi connectivity index (χ1v) is 7.29. The van der Waals surface area contributed by atoms with Crippen LogP contribution in [0.2, 0.25) is 0 Å². The maximum Gasteiger partial charge on any atom is 0.418 e. The van der Waals surface area contributed by atoms with Crippen LogP contribution in [0, 0.1) is 18.3 Å². The van der Waals surface area contributed by atoms with Crippen LogP contribution in [-0.4, -0.2) is 5.91 Å². The van der Waals surface area contributed by atoms with Gasteiger partial charge in [-0.3, -0.25) is 15.6 Å². The van der Waals surface area contributed by atoms with Crippen LogP contribution in [0.25, 0.3) is 0 Å². The first kappa shape index (κ1) is 20.1. The van der Waals surface area contributed by atoms with Crippen LogP contribution in [0.4, 0.5) is 32.0 Å². The Labute approximate surface area is 149 Å². The first-order chi connectivity index (χ1) is 12.4. The molecule has 0 aliphatic rings.